The van der Waals surface area contributed by atoms with Gasteiger partial charge in [-0.25, -0.2) is 0 Å². The maximum atomic E-state index is 12.0. The molecule has 1 aromatic rings. The van der Waals surface area contributed by atoms with E-state index in [0.29, 0.717) is 5.92 Å². The molecular weight excluding hydrogens is 282 g/mol. The molecule has 2 heterocycles. The van der Waals surface area contributed by atoms with Crippen molar-refractivity contribution in [2.75, 3.05) is 19.6 Å². The molecule has 1 aromatic heterocycles. The Kier molecular flexibility index (Phi) is 4.23. The number of amides is 1. The molecule has 1 aliphatic rings. The Morgan fingerprint density at radius 3 is 3.18 bits per heavy atom. The second-order valence-corrected chi connectivity index (χ2v) is 5.31. The normalized spacial score (nSPS) is 19.5. The minimum absolute atomic E-state index is 0.0180. The van der Waals surface area contributed by atoms with Gasteiger partial charge in [-0.15, -0.1) is 0 Å². The zero-order valence-corrected chi connectivity index (χ0v) is 11.6. The second-order valence-electron chi connectivity index (χ2n) is 4.40. The van der Waals surface area contributed by atoms with Gasteiger partial charge in [0.1, 0.15) is 5.69 Å². The first-order valence-corrected chi connectivity index (χ1v) is 6.84. The van der Waals surface area contributed by atoms with Crippen molar-refractivity contribution < 1.29 is 4.79 Å². The van der Waals surface area contributed by atoms with Gasteiger partial charge >= 0.3 is 0 Å². The summed E-state index contributed by atoms with van der Waals surface area (Å²) in [6.45, 7) is 5.68. The molecule has 0 spiro atoms. The van der Waals surface area contributed by atoms with Crippen molar-refractivity contribution in [2.45, 2.75) is 19.9 Å². The lowest BCUT2D eigenvalue weighted by Gasteiger charge is -2.11. The molecule has 4 nitrogen and oxygen atoms in total. The Bertz CT molecular complexity index is 396. The van der Waals surface area contributed by atoms with E-state index in [0.717, 1.165) is 42.8 Å². The van der Waals surface area contributed by atoms with E-state index in [2.05, 4.69) is 26.6 Å². The van der Waals surface area contributed by atoms with Crippen LogP contribution in [0.2, 0.25) is 0 Å². The van der Waals surface area contributed by atoms with Crippen LogP contribution in [0.15, 0.2) is 16.7 Å². The van der Waals surface area contributed by atoms with Crippen molar-refractivity contribution in [2.24, 2.45) is 5.92 Å². The predicted molar refractivity (Wildman–Crippen MR) is 71.1 cm³/mol. The van der Waals surface area contributed by atoms with E-state index >= 15 is 0 Å². The fourth-order valence-corrected chi connectivity index (χ4v) is 2.61. The molecule has 1 atom stereocenters. The first-order valence-electron chi connectivity index (χ1n) is 6.05. The monoisotopic (exact) mass is 299 g/mol. The van der Waals surface area contributed by atoms with Crippen molar-refractivity contribution in [3.63, 3.8) is 0 Å². The molecule has 2 rings (SSSR count). The third kappa shape index (κ3) is 3.10. The number of rotatable bonds is 4. The van der Waals surface area contributed by atoms with E-state index in [-0.39, 0.29) is 5.91 Å². The topological polar surface area (TPSA) is 46.1 Å². The summed E-state index contributed by atoms with van der Waals surface area (Å²) in [6, 6.07) is 1.87. The van der Waals surface area contributed by atoms with Gasteiger partial charge < -0.3 is 15.2 Å². The molecule has 0 radical (unpaired) electrons. The van der Waals surface area contributed by atoms with Gasteiger partial charge in [0.25, 0.3) is 5.91 Å². The molecular formula is C12H18BrN3O. The Balaban J connectivity index is 1.93. The Hall–Kier alpha value is -0.810. The van der Waals surface area contributed by atoms with Gasteiger partial charge in [-0.2, -0.15) is 0 Å². The number of halogens is 1. The Morgan fingerprint density at radius 2 is 2.53 bits per heavy atom. The average molecular weight is 300 g/mol. The number of carbonyl (C=O) groups excluding carboxylic acids is 1. The van der Waals surface area contributed by atoms with E-state index in [1.54, 1.807) is 0 Å². The smallest absolute Gasteiger partial charge is 0.267 e. The van der Waals surface area contributed by atoms with Crippen molar-refractivity contribution >= 4 is 21.8 Å². The fraction of sp³-hybridized carbons (Fsp3) is 0.583. The van der Waals surface area contributed by atoms with Crippen molar-refractivity contribution in [3.8, 4) is 0 Å². The molecule has 1 amide bonds. The number of nitrogens with zero attached hydrogens (tertiary/aromatic N) is 1. The summed E-state index contributed by atoms with van der Waals surface area (Å²) in [5.41, 5.74) is 0.727. The molecule has 94 valence electrons. The zero-order valence-electron chi connectivity index (χ0n) is 10.0. The van der Waals surface area contributed by atoms with Crippen LogP contribution < -0.4 is 10.6 Å². The molecule has 1 fully saturated rings. The number of nitrogens with one attached hydrogen (secondary N) is 2. The second kappa shape index (κ2) is 5.69. The number of aromatic nitrogens is 1. The highest BCUT2D eigenvalue weighted by atomic mass is 79.9. The summed E-state index contributed by atoms with van der Waals surface area (Å²) < 4.78 is 2.90. The van der Waals surface area contributed by atoms with Gasteiger partial charge in [0.2, 0.25) is 0 Å². The third-order valence-electron chi connectivity index (χ3n) is 3.15. The van der Waals surface area contributed by atoms with Crippen molar-refractivity contribution in [1.29, 1.82) is 0 Å². The first kappa shape index (κ1) is 12.6. The molecule has 1 saturated heterocycles. The van der Waals surface area contributed by atoms with Crippen LogP contribution in [0.25, 0.3) is 0 Å². The standard InChI is InChI=1S/C12H18BrN3O/c1-2-16-8-10(13)5-11(16)12(17)15-7-9-3-4-14-6-9/h5,8-9,14H,2-4,6-7H2,1H3,(H,15,17). The summed E-state index contributed by atoms with van der Waals surface area (Å²) in [4.78, 5) is 12.0. The lowest BCUT2D eigenvalue weighted by atomic mass is 10.1. The molecule has 1 aliphatic heterocycles. The van der Waals surface area contributed by atoms with E-state index in [9.17, 15) is 4.79 Å². The van der Waals surface area contributed by atoms with Crippen LogP contribution in [0.5, 0.6) is 0 Å². The number of carbonyl (C=O) groups is 1. The maximum absolute atomic E-state index is 12.0. The largest absolute Gasteiger partial charge is 0.350 e. The van der Waals surface area contributed by atoms with E-state index in [4.69, 9.17) is 0 Å². The zero-order chi connectivity index (χ0) is 12.3. The third-order valence-corrected chi connectivity index (χ3v) is 3.58. The predicted octanol–water partition coefficient (Wildman–Crippen LogP) is 1.61. The first-order chi connectivity index (χ1) is 8.20. The van der Waals surface area contributed by atoms with E-state index in [1.165, 1.54) is 0 Å². The molecule has 5 heteroatoms. The molecule has 0 saturated carbocycles. The van der Waals surface area contributed by atoms with Crippen molar-refractivity contribution in [1.82, 2.24) is 15.2 Å². The Morgan fingerprint density at radius 1 is 1.71 bits per heavy atom. The fourth-order valence-electron chi connectivity index (χ4n) is 2.14. The van der Waals surface area contributed by atoms with Crippen LogP contribution in [0, 0.1) is 5.92 Å². The van der Waals surface area contributed by atoms with Crippen LogP contribution in [-0.2, 0) is 6.54 Å². The molecule has 1 unspecified atom stereocenters. The highest BCUT2D eigenvalue weighted by molar-refractivity contribution is 9.10. The molecule has 17 heavy (non-hydrogen) atoms. The van der Waals surface area contributed by atoms with Gasteiger partial charge in [-0.1, -0.05) is 0 Å². The molecule has 0 bridgehead atoms. The Labute approximate surface area is 110 Å². The van der Waals surface area contributed by atoms with Crippen LogP contribution in [0.3, 0.4) is 0 Å². The molecule has 0 aliphatic carbocycles. The van der Waals surface area contributed by atoms with Crippen LogP contribution in [-0.4, -0.2) is 30.1 Å². The van der Waals surface area contributed by atoms with E-state index in [1.807, 2.05) is 23.8 Å². The lowest BCUT2D eigenvalue weighted by Crippen LogP contribution is -2.31. The van der Waals surface area contributed by atoms with Crippen LogP contribution in [0.4, 0.5) is 0 Å². The molecule has 0 aromatic carbocycles. The van der Waals surface area contributed by atoms with Crippen molar-refractivity contribution in [3.05, 3.63) is 22.4 Å². The van der Waals surface area contributed by atoms with Gasteiger partial charge in [-0.05, 0) is 54.3 Å². The maximum Gasteiger partial charge on any atom is 0.267 e. The minimum atomic E-state index is 0.0180. The van der Waals surface area contributed by atoms with Crippen LogP contribution >= 0.6 is 15.9 Å². The number of hydrogen-bond donors (Lipinski definition) is 2. The van der Waals surface area contributed by atoms with Gasteiger partial charge in [-0.3, -0.25) is 4.79 Å². The highest BCUT2D eigenvalue weighted by Gasteiger charge is 2.17. The summed E-state index contributed by atoms with van der Waals surface area (Å²) in [7, 11) is 0. The SMILES string of the molecule is CCn1cc(Br)cc1C(=O)NCC1CCNC1. The highest BCUT2D eigenvalue weighted by Crippen LogP contribution is 2.15. The number of hydrogen-bond acceptors (Lipinski definition) is 2. The lowest BCUT2D eigenvalue weighted by molar-refractivity contribution is 0.0939. The van der Waals surface area contributed by atoms with Gasteiger partial charge in [0, 0.05) is 23.8 Å². The summed E-state index contributed by atoms with van der Waals surface area (Å²) in [5, 5.41) is 6.31. The molecule has 2 N–H and O–H groups in total. The summed E-state index contributed by atoms with van der Waals surface area (Å²) in [6.07, 6.45) is 3.09. The minimum Gasteiger partial charge on any atom is -0.350 e. The summed E-state index contributed by atoms with van der Waals surface area (Å²) >= 11 is 3.40. The summed E-state index contributed by atoms with van der Waals surface area (Å²) in [5.74, 6) is 0.594. The number of aryl methyl sites for hydroxylation is 1. The van der Waals surface area contributed by atoms with Gasteiger partial charge in [0.05, 0.1) is 0 Å². The quantitative estimate of drug-likeness (QED) is 0.887. The van der Waals surface area contributed by atoms with E-state index < -0.39 is 0 Å². The van der Waals surface area contributed by atoms with Gasteiger partial charge in [0.15, 0.2) is 0 Å². The average Bonchev–Trinajstić information content (AvgIpc) is 2.94. The van der Waals surface area contributed by atoms with Crippen LogP contribution in [0.1, 0.15) is 23.8 Å².